The third-order valence-electron chi connectivity index (χ3n) is 2.34. The SMILES string of the molecule is O=C(Nc1ccc(F)cc1Br)c1cc(O)cc(O)c1. The maximum atomic E-state index is 12.9. The molecule has 0 aromatic heterocycles. The molecule has 0 aliphatic heterocycles. The molecule has 0 saturated carbocycles. The van der Waals surface area contributed by atoms with E-state index in [9.17, 15) is 19.4 Å². The number of aromatic hydroxyl groups is 2. The van der Waals surface area contributed by atoms with Gasteiger partial charge in [-0.2, -0.15) is 0 Å². The van der Waals surface area contributed by atoms with E-state index in [2.05, 4.69) is 21.2 Å². The van der Waals surface area contributed by atoms with Gasteiger partial charge >= 0.3 is 0 Å². The molecular formula is C13H9BrFNO3. The summed E-state index contributed by atoms with van der Waals surface area (Å²) in [6.07, 6.45) is 0. The van der Waals surface area contributed by atoms with Crippen molar-refractivity contribution in [2.24, 2.45) is 0 Å². The average Bonchev–Trinajstić information content (AvgIpc) is 2.31. The lowest BCUT2D eigenvalue weighted by atomic mass is 10.2. The van der Waals surface area contributed by atoms with Crippen molar-refractivity contribution in [3.63, 3.8) is 0 Å². The van der Waals surface area contributed by atoms with E-state index < -0.39 is 11.7 Å². The standard InChI is InChI=1S/C13H9BrFNO3/c14-11-5-8(15)1-2-12(11)16-13(19)7-3-9(17)6-10(18)4-7/h1-6,17-18H,(H,16,19). The fourth-order valence-electron chi connectivity index (χ4n) is 1.51. The molecule has 3 N–H and O–H groups in total. The molecule has 1 amide bonds. The minimum atomic E-state index is -0.529. The van der Waals surface area contributed by atoms with Crippen LogP contribution in [0.4, 0.5) is 10.1 Å². The number of carbonyl (C=O) groups excluding carboxylic acids is 1. The van der Waals surface area contributed by atoms with E-state index in [1.807, 2.05) is 0 Å². The van der Waals surface area contributed by atoms with Gasteiger partial charge in [-0.25, -0.2) is 4.39 Å². The second kappa shape index (κ2) is 5.27. The zero-order valence-corrected chi connectivity index (χ0v) is 11.1. The van der Waals surface area contributed by atoms with Crippen molar-refractivity contribution in [2.75, 3.05) is 5.32 Å². The van der Waals surface area contributed by atoms with Crippen molar-refractivity contribution < 1.29 is 19.4 Å². The second-order valence-electron chi connectivity index (χ2n) is 3.82. The van der Waals surface area contributed by atoms with E-state index in [1.165, 1.54) is 30.3 Å². The van der Waals surface area contributed by atoms with Gasteiger partial charge in [-0.1, -0.05) is 0 Å². The Morgan fingerprint density at radius 1 is 1.11 bits per heavy atom. The predicted molar refractivity (Wildman–Crippen MR) is 71.8 cm³/mol. The van der Waals surface area contributed by atoms with Crippen LogP contribution >= 0.6 is 15.9 Å². The molecule has 2 aromatic carbocycles. The molecule has 0 aliphatic rings. The van der Waals surface area contributed by atoms with Crippen LogP contribution in [0.2, 0.25) is 0 Å². The average molecular weight is 326 g/mol. The molecule has 98 valence electrons. The van der Waals surface area contributed by atoms with Crippen LogP contribution in [0.3, 0.4) is 0 Å². The molecule has 0 radical (unpaired) electrons. The smallest absolute Gasteiger partial charge is 0.255 e. The highest BCUT2D eigenvalue weighted by Gasteiger charge is 2.11. The first-order chi connectivity index (χ1) is 8.95. The van der Waals surface area contributed by atoms with Crippen LogP contribution in [0.25, 0.3) is 0 Å². The Morgan fingerprint density at radius 2 is 1.74 bits per heavy atom. The first kappa shape index (κ1) is 13.4. The number of rotatable bonds is 2. The molecule has 0 atom stereocenters. The number of hydrogen-bond acceptors (Lipinski definition) is 3. The monoisotopic (exact) mass is 325 g/mol. The number of amides is 1. The predicted octanol–water partition coefficient (Wildman–Crippen LogP) is 3.25. The molecule has 0 bridgehead atoms. The second-order valence-corrected chi connectivity index (χ2v) is 4.67. The molecular weight excluding hydrogens is 317 g/mol. The summed E-state index contributed by atoms with van der Waals surface area (Å²) in [5.74, 6) is -1.40. The third kappa shape index (κ3) is 3.23. The molecule has 2 rings (SSSR count). The number of nitrogens with one attached hydrogen (secondary N) is 1. The topological polar surface area (TPSA) is 69.6 Å². The summed E-state index contributed by atoms with van der Waals surface area (Å²) in [5.41, 5.74) is 0.475. The summed E-state index contributed by atoms with van der Waals surface area (Å²) in [5, 5.41) is 21.1. The first-order valence-electron chi connectivity index (χ1n) is 5.25. The summed E-state index contributed by atoms with van der Waals surface area (Å²) in [6.45, 7) is 0. The fourth-order valence-corrected chi connectivity index (χ4v) is 1.96. The normalized spacial score (nSPS) is 10.2. The van der Waals surface area contributed by atoms with E-state index in [4.69, 9.17) is 0 Å². The van der Waals surface area contributed by atoms with Gasteiger partial charge in [-0.05, 0) is 46.3 Å². The summed E-state index contributed by atoms with van der Waals surface area (Å²) in [4.78, 5) is 11.9. The van der Waals surface area contributed by atoms with Gasteiger partial charge in [-0.15, -0.1) is 0 Å². The molecule has 0 unspecified atom stereocenters. The van der Waals surface area contributed by atoms with Crippen LogP contribution in [0, 0.1) is 5.82 Å². The molecule has 19 heavy (non-hydrogen) atoms. The van der Waals surface area contributed by atoms with Crippen LogP contribution < -0.4 is 5.32 Å². The summed E-state index contributed by atoms with van der Waals surface area (Å²) >= 11 is 3.12. The van der Waals surface area contributed by atoms with Crippen molar-refractivity contribution in [1.29, 1.82) is 0 Å². The van der Waals surface area contributed by atoms with Crippen LogP contribution in [0.5, 0.6) is 11.5 Å². The van der Waals surface area contributed by atoms with E-state index in [1.54, 1.807) is 0 Å². The number of benzene rings is 2. The Labute approximate surface area is 116 Å². The molecule has 2 aromatic rings. The molecule has 0 fully saturated rings. The van der Waals surface area contributed by atoms with Gasteiger partial charge in [0.15, 0.2) is 0 Å². The van der Waals surface area contributed by atoms with E-state index in [-0.39, 0.29) is 17.1 Å². The highest BCUT2D eigenvalue weighted by Crippen LogP contribution is 2.25. The number of phenols is 2. The Kier molecular flexibility index (Phi) is 3.71. The summed E-state index contributed by atoms with van der Waals surface area (Å²) in [6, 6.07) is 7.37. The molecule has 0 saturated heterocycles. The van der Waals surface area contributed by atoms with E-state index in [0.29, 0.717) is 10.2 Å². The Morgan fingerprint density at radius 3 is 2.32 bits per heavy atom. The number of anilines is 1. The molecule has 0 aliphatic carbocycles. The maximum absolute atomic E-state index is 12.9. The van der Waals surface area contributed by atoms with Gasteiger partial charge in [0, 0.05) is 16.1 Å². The number of phenolic OH excluding ortho intramolecular Hbond substituents is 2. The van der Waals surface area contributed by atoms with Crippen LogP contribution in [0.15, 0.2) is 40.9 Å². The quantitative estimate of drug-likeness (QED) is 0.793. The minimum absolute atomic E-state index is 0.0914. The zero-order valence-electron chi connectivity index (χ0n) is 9.52. The van der Waals surface area contributed by atoms with Crippen molar-refractivity contribution in [3.8, 4) is 11.5 Å². The lowest BCUT2D eigenvalue weighted by molar-refractivity contribution is 0.102. The van der Waals surface area contributed by atoms with Gasteiger partial charge in [0.2, 0.25) is 0 Å². The largest absolute Gasteiger partial charge is 0.508 e. The zero-order chi connectivity index (χ0) is 14.0. The lowest BCUT2D eigenvalue weighted by Crippen LogP contribution is -2.12. The summed E-state index contributed by atoms with van der Waals surface area (Å²) in [7, 11) is 0. The van der Waals surface area contributed by atoms with Crippen LogP contribution in [-0.4, -0.2) is 16.1 Å². The number of hydrogen-bond donors (Lipinski definition) is 3. The third-order valence-corrected chi connectivity index (χ3v) is 3.00. The van der Waals surface area contributed by atoms with Crippen molar-refractivity contribution in [1.82, 2.24) is 0 Å². The van der Waals surface area contributed by atoms with Crippen LogP contribution in [0.1, 0.15) is 10.4 Å². The fraction of sp³-hybridized carbons (Fsp3) is 0. The maximum Gasteiger partial charge on any atom is 0.255 e. The summed E-state index contributed by atoms with van der Waals surface area (Å²) < 4.78 is 13.3. The van der Waals surface area contributed by atoms with Gasteiger partial charge in [0.05, 0.1) is 5.69 Å². The van der Waals surface area contributed by atoms with Gasteiger partial charge in [0.1, 0.15) is 17.3 Å². The minimum Gasteiger partial charge on any atom is -0.508 e. The van der Waals surface area contributed by atoms with Gasteiger partial charge in [0.25, 0.3) is 5.91 Å². The van der Waals surface area contributed by atoms with E-state index >= 15 is 0 Å². The van der Waals surface area contributed by atoms with Crippen LogP contribution in [-0.2, 0) is 0 Å². The van der Waals surface area contributed by atoms with Crippen molar-refractivity contribution in [3.05, 3.63) is 52.3 Å². The molecule has 4 nitrogen and oxygen atoms in total. The molecule has 0 spiro atoms. The molecule has 0 heterocycles. The van der Waals surface area contributed by atoms with Gasteiger partial charge in [-0.3, -0.25) is 4.79 Å². The first-order valence-corrected chi connectivity index (χ1v) is 6.04. The highest BCUT2D eigenvalue weighted by molar-refractivity contribution is 9.10. The van der Waals surface area contributed by atoms with E-state index in [0.717, 1.165) is 6.07 Å². The highest BCUT2D eigenvalue weighted by atomic mass is 79.9. The van der Waals surface area contributed by atoms with Crippen molar-refractivity contribution >= 4 is 27.5 Å². The Balaban J connectivity index is 2.25. The number of halogens is 2. The van der Waals surface area contributed by atoms with Gasteiger partial charge < -0.3 is 15.5 Å². The molecule has 6 heteroatoms. The number of carbonyl (C=O) groups is 1. The Hall–Kier alpha value is -2.08. The lowest BCUT2D eigenvalue weighted by Gasteiger charge is -2.08. The van der Waals surface area contributed by atoms with Crippen molar-refractivity contribution in [2.45, 2.75) is 0 Å². The Bertz CT molecular complexity index is 626.